The molecular weight excluding hydrogens is 328 g/mol. The van der Waals surface area contributed by atoms with Crippen molar-refractivity contribution in [2.24, 2.45) is 0 Å². The zero-order chi connectivity index (χ0) is 18.4. The Morgan fingerprint density at radius 3 is 2.19 bits per heavy atom. The molecule has 0 fully saturated rings. The SMILES string of the molecule is O=C(COc1ccc(-c2ccccc2)cc1)Cc1cccc(C(=O)O)c1. The van der Waals surface area contributed by atoms with Crippen LogP contribution < -0.4 is 4.74 Å². The van der Waals surface area contributed by atoms with Gasteiger partial charge in [0.15, 0.2) is 5.78 Å². The van der Waals surface area contributed by atoms with E-state index in [0.717, 1.165) is 11.1 Å². The third kappa shape index (κ3) is 4.57. The van der Waals surface area contributed by atoms with Gasteiger partial charge in [-0.1, -0.05) is 54.6 Å². The minimum absolute atomic E-state index is 0.0536. The molecule has 4 heteroatoms. The number of carbonyl (C=O) groups excluding carboxylic acids is 1. The van der Waals surface area contributed by atoms with Gasteiger partial charge in [-0.15, -0.1) is 0 Å². The zero-order valence-corrected chi connectivity index (χ0v) is 14.1. The number of benzene rings is 3. The highest BCUT2D eigenvalue weighted by Gasteiger charge is 2.08. The number of carboxylic acid groups (broad SMARTS) is 1. The number of ether oxygens (including phenoxy) is 1. The van der Waals surface area contributed by atoms with E-state index in [0.29, 0.717) is 11.3 Å². The van der Waals surface area contributed by atoms with Crippen molar-refractivity contribution in [1.29, 1.82) is 0 Å². The molecule has 4 nitrogen and oxygen atoms in total. The number of hydrogen-bond acceptors (Lipinski definition) is 3. The van der Waals surface area contributed by atoms with Crippen LogP contribution in [0.4, 0.5) is 0 Å². The van der Waals surface area contributed by atoms with Crippen LogP contribution in [0.5, 0.6) is 5.75 Å². The highest BCUT2D eigenvalue weighted by atomic mass is 16.5. The maximum atomic E-state index is 12.1. The molecular formula is C22H18O4. The first kappa shape index (κ1) is 17.4. The monoisotopic (exact) mass is 346 g/mol. The minimum atomic E-state index is -1.01. The van der Waals surface area contributed by atoms with E-state index in [9.17, 15) is 9.59 Å². The maximum absolute atomic E-state index is 12.1. The second-order valence-electron chi connectivity index (χ2n) is 5.90. The van der Waals surface area contributed by atoms with Crippen molar-refractivity contribution in [3.8, 4) is 16.9 Å². The molecule has 0 radical (unpaired) electrons. The Balaban J connectivity index is 1.56. The van der Waals surface area contributed by atoms with E-state index in [1.165, 1.54) is 12.1 Å². The Kier molecular flexibility index (Phi) is 5.44. The third-order valence-corrected chi connectivity index (χ3v) is 3.94. The van der Waals surface area contributed by atoms with Gasteiger partial charge < -0.3 is 9.84 Å². The summed E-state index contributed by atoms with van der Waals surface area (Å²) in [6.45, 7) is -0.0536. The van der Waals surface area contributed by atoms with Gasteiger partial charge in [0.25, 0.3) is 0 Å². The summed E-state index contributed by atoms with van der Waals surface area (Å²) in [6.07, 6.45) is 0.142. The Morgan fingerprint density at radius 1 is 0.808 bits per heavy atom. The number of rotatable bonds is 7. The van der Waals surface area contributed by atoms with E-state index in [-0.39, 0.29) is 24.4 Å². The average Bonchev–Trinajstić information content (AvgIpc) is 2.68. The van der Waals surface area contributed by atoms with Crippen LogP contribution in [0.1, 0.15) is 15.9 Å². The van der Waals surface area contributed by atoms with E-state index < -0.39 is 5.97 Å². The van der Waals surface area contributed by atoms with Crippen LogP contribution in [-0.4, -0.2) is 23.5 Å². The van der Waals surface area contributed by atoms with Crippen molar-refractivity contribution in [2.45, 2.75) is 6.42 Å². The summed E-state index contributed by atoms with van der Waals surface area (Å²) < 4.78 is 5.54. The molecule has 3 aromatic rings. The molecule has 0 saturated heterocycles. The molecule has 0 heterocycles. The van der Waals surface area contributed by atoms with Crippen LogP contribution in [-0.2, 0) is 11.2 Å². The largest absolute Gasteiger partial charge is 0.486 e. The van der Waals surface area contributed by atoms with E-state index >= 15 is 0 Å². The van der Waals surface area contributed by atoms with E-state index in [1.54, 1.807) is 12.1 Å². The smallest absolute Gasteiger partial charge is 0.335 e. The molecule has 0 saturated carbocycles. The number of ketones is 1. The van der Waals surface area contributed by atoms with Crippen LogP contribution >= 0.6 is 0 Å². The first-order valence-corrected chi connectivity index (χ1v) is 8.24. The Labute approximate surface area is 151 Å². The van der Waals surface area contributed by atoms with Crippen molar-refractivity contribution in [3.63, 3.8) is 0 Å². The molecule has 0 aliphatic heterocycles. The molecule has 130 valence electrons. The van der Waals surface area contributed by atoms with Crippen LogP contribution in [0.2, 0.25) is 0 Å². The van der Waals surface area contributed by atoms with Gasteiger partial charge in [0.1, 0.15) is 12.4 Å². The normalized spacial score (nSPS) is 10.3. The van der Waals surface area contributed by atoms with Gasteiger partial charge in [-0.3, -0.25) is 4.79 Å². The van der Waals surface area contributed by atoms with Gasteiger partial charge in [-0.25, -0.2) is 4.79 Å². The van der Waals surface area contributed by atoms with E-state index in [2.05, 4.69) is 0 Å². The molecule has 0 aliphatic rings. The fraction of sp³-hybridized carbons (Fsp3) is 0.0909. The number of Topliss-reactive ketones (excluding diaryl/α,β-unsaturated/α-hetero) is 1. The second-order valence-corrected chi connectivity index (χ2v) is 5.90. The molecule has 0 bridgehead atoms. The van der Waals surface area contributed by atoms with Gasteiger partial charge in [0.2, 0.25) is 0 Å². The lowest BCUT2D eigenvalue weighted by molar-refractivity contribution is -0.120. The van der Waals surface area contributed by atoms with E-state index in [1.807, 2.05) is 54.6 Å². The topological polar surface area (TPSA) is 63.6 Å². The Hall–Kier alpha value is -3.40. The van der Waals surface area contributed by atoms with Crippen molar-refractivity contribution >= 4 is 11.8 Å². The standard InChI is InChI=1S/C22H18O4/c23-20(14-16-5-4-8-19(13-16)22(24)25)15-26-21-11-9-18(10-12-21)17-6-2-1-3-7-17/h1-13H,14-15H2,(H,24,25). The minimum Gasteiger partial charge on any atom is -0.486 e. The van der Waals surface area contributed by atoms with Gasteiger partial charge in [-0.2, -0.15) is 0 Å². The number of aromatic carboxylic acids is 1. The van der Waals surface area contributed by atoms with Gasteiger partial charge in [0, 0.05) is 6.42 Å². The van der Waals surface area contributed by atoms with Crippen LogP contribution in [0, 0.1) is 0 Å². The lowest BCUT2D eigenvalue weighted by Crippen LogP contribution is -2.14. The van der Waals surface area contributed by atoms with Gasteiger partial charge in [-0.05, 0) is 41.0 Å². The highest BCUT2D eigenvalue weighted by molar-refractivity contribution is 5.88. The van der Waals surface area contributed by atoms with Gasteiger partial charge >= 0.3 is 5.97 Å². The van der Waals surface area contributed by atoms with Crippen molar-refractivity contribution in [1.82, 2.24) is 0 Å². The molecule has 1 N–H and O–H groups in total. The summed E-state index contributed by atoms with van der Waals surface area (Å²) in [7, 11) is 0. The first-order valence-electron chi connectivity index (χ1n) is 8.24. The fourth-order valence-corrected chi connectivity index (χ4v) is 2.63. The molecule has 0 atom stereocenters. The quantitative estimate of drug-likeness (QED) is 0.695. The highest BCUT2D eigenvalue weighted by Crippen LogP contribution is 2.22. The number of carbonyl (C=O) groups is 2. The predicted molar refractivity (Wildman–Crippen MR) is 99.5 cm³/mol. The number of carboxylic acids is 1. The summed E-state index contributed by atoms with van der Waals surface area (Å²) in [6, 6.07) is 24.0. The third-order valence-electron chi connectivity index (χ3n) is 3.94. The Bertz CT molecular complexity index is 899. The fourth-order valence-electron chi connectivity index (χ4n) is 2.63. The summed E-state index contributed by atoms with van der Waals surface area (Å²) in [5, 5.41) is 8.99. The van der Waals surface area contributed by atoms with Crippen molar-refractivity contribution < 1.29 is 19.4 Å². The second kappa shape index (κ2) is 8.12. The summed E-state index contributed by atoms with van der Waals surface area (Å²) in [5.41, 5.74) is 3.04. The van der Waals surface area contributed by atoms with Crippen LogP contribution in [0.25, 0.3) is 11.1 Å². The van der Waals surface area contributed by atoms with Crippen molar-refractivity contribution in [3.05, 3.63) is 90.0 Å². The lowest BCUT2D eigenvalue weighted by atomic mass is 10.1. The summed E-state index contributed by atoms with van der Waals surface area (Å²) in [4.78, 5) is 23.1. The lowest BCUT2D eigenvalue weighted by Gasteiger charge is -2.07. The first-order chi connectivity index (χ1) is 12.6. The van der Waals surface area contributed by atoms with E-state index in [4.69, 9.17) is 9.84 Å². The molecule has 26 heavy (non-hydrogen) atoms. The Morgan fingerprint density at radius 2 is 1.50 bits per heavy atom. The van der Waals surface area contributed by atoms with Crippen molar-refractivity contribution in [2.75, 3.05) is 6.61 Å². The average molecular weight is 346 g/mol. The molecule has 0 unspecified atom stereocenters. The summed E-state index contributed by atoms with van der Waals surface area (Å²) in [5.74, 6) is -0.494. The van der Waals surface area contributed by atoms with Crippen LogP contribution in [0.15, 0.2) is 78.9 Å². The summed E-state index contributed by atoms with van der Waals surface area (Å²) >= 11 is 0. The maximum Gasteiger partial charge on any atom is 0.335 e. The predicted octanol–water partition coefficient (Wildman–Crippen LogP) is 4.24. The number of hydrogen-bond donors (Lipinski definition) is 1. The molecule has 3 aromatic carbocycles. The zero-order valence-electron chi connectivity index (χ0n) is 14.1. The molecule has 0 spiro atoms. The van der Waals surface area contributed by atoms with Crippen LogP contribution in [0.3, 0.4) is 0 Å². The van der Waals surface area contributed by atoms with Gasteiger partial charge in [0.05, 0.1) is 5.56 Å². The molecule has 3 rings (SSSR count). The molecule has 0 aromatic heterocycles. The molecule has 0 amide bonds. The molecule has 0 aliphatic carbocycles.